The third-order valence-corrected chi connectivity index (χ3v) is 26.5. The summed E-state index contributed by atoms with van der Waals surface area (Å²) in [6.07, 6.45) is 10.7. The number of fused-ring (bicyclic) bond motifs is 9. The Balaban J connectivity index is 1.20. The van der Waals surface area contributed by atoms with Gasteiger partial charge in [0.25, 0.3) is 6.71 Å². The summed E-state index contributed by atoms with van der Waals surface area (Å²) in [5, 5.41) is 5.53. The van der Waals surface area contributed by atoms with E-state index in [1.54, 1.807) is 0 Å². The van der Waals surface area contributed by atoms with Gasteiger partial charge in [-0.25, -0.2) is 0 Å². The molecule has 95 heavy (non-hydrogen) atoms. The van der Waals surface area contributed by atoms with Gasteiger partial charge in [-0.15, -0.1) is 0 Å². The van der Waals surface area contributed by atoms with Gasteiger partial charge in [0.05, 0.1) is 44.3 Å². The first-order chi connectivity index (χ1) is 45.3. The molecule has 0 N–H and O–H groups in total. The number of aromatic nitrogens is 2. The number of rotatable bonds is 11. The average molecular weight is 1270 g/mol. The van der Waals surface area contributed by atoms with Gasteiger partial charge in [-0.05, 0) is 164 Å². The standard InChI is InChI=1S/C87H90BN5Si2/c1-56(57-29-21-17-22-30-57)82(66(53-89-10)58-31-23-18-24-32-58)92-77-51-71-69(84(2,3)41-43-86(71,6)7)49-73(77)88-74-50-70-72(87(8,9)44-42-85(70,4)5)52-78(74)93(83-67(59-33-25-19-26-34-59)54-90-55-68(83)60-35-27-20-28-36-60)80-46-61(45-79(92)81(80)88)91-75-39-37-62(94(11,12)13)47-64(75)65-48-63(95(14,15)16)38-40-76(65)91/h17-40,45-55H,10,41-44H2,1-9,11-16H3/b66-53-,82-56-. The molecule has 11 aromatic rings. The smallest absolute Gasteiger partial charge is 0.252 e. The van der Waals surface area contributed by atoms with E-state index in [9.17, 15) is 0 Å². The van der Waals surface area contributed by atoms with Gasteiger partial charge in [0, 0.05) is 68.8 Å². The van der Waals surface area contributed by atoms with Crippen LogP contribution in [-0.4, -0.2) is 39.1 Å². The van der Waals surface area contributed by atoms with Gasteiger partial charge >= 0.3 is 0 Å². The lowest BCUT2D eigenvalue weighted by atomic mass is 9.32. The number of pyridine rings is 1. The first-order valence-corrected chi connectivity index (χ1v) is 41.6. The summed E-state index contributed by atoms with van der Waals surface area (Å²) in [4.78, 5) is 15.5. The molecule has 0 radical (unpaired) electrons. The maximum Gasteiger partial charge on any atom is 0.252 e. The van der Waals surface area contributed by atoms with E-state index >= 15 is 0 Å². The Morgan fingerprint density at radius 1 is 0.484 bits per heavy atom. The Labute approximate surface area is 567 Å². The highest BCUT2D eigenvalue weighted by atomic mass is 28.3. The fraction of sp³-hybridized carbons (Fsp3) is 0.264. The summed E-state index contributed by atoms with van der Waals surface area (Å²) < 4.78 is 2.63. The Bertz CT molecular complexity index is 4870. The van der Waals surface area contributed by atoms with Crippen LogP contribution in [0.4, 0.5) is 28.4 Å². The molecule has 0 fully saturated rings. The first-order valence-electron chi connectivity index (χ1n) is 34.6. The normalized spacial score (nSPS) is 17.0. The van der Waals surface area contributed by atoms with Crippen molar-refractivity contribution in [1.29, 1.82) is 0 Å². The first kappa shape index (κ1) is 62.3. The van der Waals surface area contributed by atoms with Gasteiger partial charge in [-0.3, -0.25) is 9.98 Å². The molecule has 4 aliphatic rings. The molecule has 474 valence electrons. The van der Waals surface area contributed by atoms with Crippen molar-refractivity contribution in [3.8, 4) is 27.9 Å². The number of anilines is 5. The van der Waals surface area contributed by atoms with Gasteiger partial charge in [0.15, 0.2) is 0 Å². The number of hydrogen-bond acceptors (Lipinski definition) is 4. The average Bonchev–Trinajstić information content (AvgIpc) is 1.34. The fourth-order valence-corrected chi connectivity index (χ4v) is 18.9. The zero-order valence-electron chi connectivity index (χ0n) is 58.6. The van der Waals surface area contributed by atoms with Crippen molar-refractivity contribution in [2.45, 2.75) is 149 Å². The van der Waals surface area contributed by atoms with Crippen LogP contribution in [0.25, 0.3) is 60.9 Å². The zero-order chi connectivity index (χ0) is 66.5. The summed E-state index contributed by atoms with van der Waals surface area (Å²) in [5.41, 5.74) is 28.3. The second kappa shape index (κ2) is 22.4. The fourth-order valence-electron chi connectivity index (χ4n) is 16.6. The highest BCUT2D eigenvalue weighted by Gasteiger charge is 2.50. The molecule has 0 bridgehead atoms. The van der Waals surface area contributed by atoms with Gasteiger partial charge in [0.1, 0.15) is 0 Å². The molecule has 15 rings (SSSR count). The second-order valence-electron chi connectivity index (χ2n) is 32.5. The van der Waals surface area contributed by atoms with E-state index < -0.39 is 16.1 Å². The SMILES string of the molecule is C=N/C=C(\C(=C(/C)c1ccccc1)N1c2cc3c(cc2B2c4cc5c(cc4N(c4c(-c6ccccc6)cncc4-c4ccccc4)c4cc(-n6c7ccc([Si](C)(C)C)cc7c7cc([Si](C)(C)C)ccc76)cc1c42)C(C)(C)CCC5(C)C)C(C)(C)CCC3(C)C)c1ccccc1. The lowest BCUT2D eigenvalue weighted by Gasteiger charge is -2.49. The molecule has 2 aromatic heterocycles. The predicted octanol–water partition coefficient (Wildman–Crippen LogP) is 20.2. The van der Waals surface area contributed by atoms with Gasteiger partial charge < -0.3 is 14.4 Å². The van der Waals surface area contributed by atoms with Crippen LogP contribution in [0.5, 0.6) is 0 Å². The summed E-state index contributed by atoms with van der Waals surface area (Å²) in [6, 6.07) is 75.0. The topological polar surface area (TPSA) is 36.7 Å². The third-order valence-electron chi connectivity index (χ3n) is 22.4. The van der Waals surface area contributed by atoms with Crippen molar-refractivity contribution in [2.75, 3.05) is 9.80 Å². The Kier molecular flexibility index (Phi) is 14.7. The molecule has 2 aliphatic heterocycles. The molecule has 0 unspecified atom stereocenters. The predicted molar refractivity (Wildman–Crippen MR) is 417 cm³/mol. The van der Waals surface area contributed by atoms with Crippen molar-refractivity contribution in [2.24, 2.45) is 4.99 Å². The van der Waals surface area contributed by atoms with E-state index in [0.717, 1.165) is 98.7 Å². The molecule has 2 aliphatic carbocycles. The van der Waals surface area contributed by atoms with Gasteiger partial charge in [0.2, 0.25) is 0 Å². The van der Waals surface area contributed by atoms with Crippen LogP contribution in [0.15, 0.2) is 223 Å². The molecular formula is C87H90BN5Si2. The van der Waals surface area contributed by atoms with Crippen molar-refractivity contribution in [1.82, 2.24) is 9.55 Å². The third kappa shape index (κ3) is 10.2. The molecule has 0 saturated heterocycles. The molecule has 8 heteroatoms. The minimum atomic E-state index is -1.78. The quantitative estimate of drug-likeness (QED) is 0.0736. The van der Waals surface area contributed by atoms with Crippen molar-refractivity contribution >= 4 is 118 Å². The molecule has 0 spiro atoms. The number of benzene rings is 9. The van der Waals surface area contributed by atoms with E-state index in [0.29, 0.717) is 0 Å². The highest BCUT2D eigenvalue weighted by molar-refractivity contribution is 7.00. The summed E-state index contributed by atoms with van der Waals surface area (Å²) in [5.74, 6) is 0. The molecule has 5 nitrogen and oxygen atoms in total. The molecule has 0 amide bonds. The number of nitrogens with zero attached hydrogens (tertiary/aromatic N) is 5. The lowest BCUT2D eigenvalue weighted by molar-refractivity contribution is 0.332. The van der Waals surface area contributed by atoms with Crippen molar-refractivity contribution < 1.29 is 0 Å². The summed E-state index contributed by atoms with van der Waals surface area (Å²) in [6.45, 7) is 41.3. The number of allylic oxidation sites excluding steroid dienone is 2. The van der Waals surface area contributed by atoms with E-state index in [4.69, 9.17) is 9.98 Å². The van der Waals surface area contributed by atoms with Crippen LogP contribution in [0.3, 0.4) is 0 Å². The maximum atomic E-state index is 5.24. The van der Waals surface area contributed by atoms with E-state index in [1.807, 2.05) is 6.20 Å². The highest BCUT2D eigenvalue weighted by Crippen LogP contribution is 2.56. The Hall–Kier alpha value is -8.82. The molecule has 0 atom stereocenters. The van der Waals surface area contributed by atoms with Gasteiger partial charge in [-0.1, -0.05) is 263 Å². The van der Waals surface area contributed by atoms with E-state index in [1.165, 1.54) is 82.2 Å². The monoisotopic (exact) mass is 1270 g/mol. The van der Waals surface area contributed by atoms with Crippen LogP contribution < -0.4 is 36.6 Å². The molecular weight excluding hydrogens is 1180 g/mol. The Morgan fingerprint density at radius 2 is 0.905 bits per heavy atom. The summed E-state index contributed by atoms with van der Waals surface area (Å²) >= 11 is 0. The molecule has 9 aromatic carbocycles. The van der Waals surface area contributed by atoms with E-state index in [-0.39, 0.29) is 28.4 Å². The minimum absolute atomic E-state index is 0.0822. The van der Waals surface area contributed by atoms with Crippen LogP contribution >= 0.6 is 0 Å². The van der Waals surface area contributed by atoms with Crippen molar-refractivity contribution in [3.63, 3.8) is 0 Å². The van der Waals surface area contributed by atoms with Crippen LogP contribution in [0.2, 0.25) is 39.3 Å². The van der Waals surface area contributed by atoms with Crippen molar-refractivity contribution in [3.05, 3.63) is 252 Å². The zero-order valence-corrected chi connectivity index (χ0v) is 60.6. The number of hydrogen-bond donors (Lipinski definition) is 0. The number of aliphatic imine (C=N–C) groups is 1. The van der Waals surface area contributed by atoms with Gasteiger partial charge in [-0.2, -0.15) is 0 Å². The minimum Gasteiger partial charge on any atom is -0.310 e. The van der Waals surface area contributed by atoms with Crippen LogP contribution in [0.1, 0.15) is 121 Å². The largest absolute Gasteiger partial charge is 0.310 e. The van der Waals surface area contributed by atoms with Crippen LogP contribution in [-0.2, 0) is 21.7 Å². The molecule has 0 saturated carbocycles. The Morgan fingerprint density at radius 3 is 1.37 bits per heavy atom. The van der Waals surface area contributed by atoms with E-state index in [2.05, 4.69) is 329 Å². The lowest BCUT2D eigenvalue weighted by Crippen LogP contribution is -2.62. The summed E-state index contributed by atoms with van der Waals surface area (Å²) in [7, 11) is -3.56. The van der Waals surface area contributed by atoms with Crippen LogP contribution in [0, 0.1) is 0 Å². The second-order valence-corrected chi connectivity index (χ2v) is 42.7. The maximum absolute atomic E-state index is 5.24. The molecule has 4 heterocycles.